The van der Waals surface area contributed by atoms with Crippen LogP contribution in [0.25, 0.3) is 21.3 Å². The molecule has 0 saturated heterocycles. The molecule has 4 rings (SSSR count). The number of amides is 1. The maximum absolute atomic E-state index is 12.8. The number of nitrogens with one attached hydrogen (secondary N) is 2. The van der Waals surface area contributed by atoms with E-state index >= 15 is 0 Å². The van der Waals surface area contributed by atoms with E-state index in [0.29, 0.717) is 15.4 Å². The highest BCUT2D eigenvalue weighted by Crippen LogP contribution is 2.31. The molecule has 4 aromatic rings. The van der Waals surface area contributed by atoms with Crippen LogP contribution in [0.5, 0.6) is 0 Å². The van der Waals surface area contributed by atoms with Crippen LogP contribution in [-0.4, -0.2) is 21.6 Å². The summed E-state index contributed by atoms with van der Waals surface area (Å²) < 4.78 is 0. The van der Waals surface area contributed by atoms with Crippen LogP contribution in [0, 0.1) is 27.7 Å². The average molecular weight is 450 g/mol. The number of thiophene rings is 1. The maximum atomic E-state index is 12.8. The first kappa shape index (κ1) is 21.3. The summed E-state index contributed by atoms with van der Waals surface area (Å²) in [5.41, 5.74) is 6.93. The van der Waals surface area contributed by atoms with Crippen LogP contribution in [0.3, 0.4) is 0 Å². The van der Waals surface area contributed by atoms with Crippen LogP contribution in [0.15, 0.2) is 51.7 Å². The second-order valence-electron chi connectivity index (χ2n) is 7.68. The van der Waals surface area contributed by atoms with Crippen molar-refractivity contribution in [1.29, 1.82) is 0 Å². The Labute approximate surface area is 188 Å². The summed E-state index contributed by atoms with van der Waals surface area (Å²) in [6, 6.07) is 12.2. The van der Waals surface area contributed by atoms with Gasteiger partial charge in [0.2, 0.25) is 5.91 Å². The van der Waals surface area contributed by atoms with Crippen molar-refractivity contribution < 1.29 is 4.79 Å². The molecule has 0 aliphatic carbocycles. The molecule has 0 unspecified atom stereocenters. The fourth-order valence-corrected chi connectivity index (χ4v) is 5.30. The molecule has 158 valence electrons. The minimum atomic E-state index is -0.185. The van der Waals surface area contributed by atoms with E-state index in [4.69, 9.17) is 0 Å². The van der Waals surface area contributed by atoms with E-state index < -0.39 is 0 Å². The molecular weight excluding hydrogens is 426 g/mol. The fourth-order valence-electron chi connectivity index (χ4n) is 3.63. The standard InChI is InChI=1S/C24H23N3O2S2/c1-13-5-7-17(8-6-13)18-11-30-23-20(18)22(29)26-24(27-23)31-12-19(28)25-21-15(3)9-14(2)10-16(21)4/h5-11H,12H2,1-4H3,(H,25,28)(H,26,27,29). The normalized spacial score (nSPS) is 11.1. The summed E-state index contributed by atoms with van der Waals surface area (Å²) >= 11 is 2.67. The van der Waals surface area contributed by atoms with Gasteiger partial charge in [-0.15, -0.1) is 11.3 Å². The number of carbonyl (C=O) groups is 1. The molecule has 0 bridgehead atoms. The van der Waals surface area contributed by atoms with Crippen LogP contribution < -0.4 is 10.9 Å². The molecule has 2 aromatic carbocycles. The van der Waals surface area contributed by atoms with Gasteiger partial charge >= 0.3 is 0 Å². The van der Waals surface area contributed by atoms with Crippen LogP contribution in [0.1, 0.15) is 22.3 Å². The first-order chi connectivity index (χ1) is 14.8. The van der Waals surface area contributed by atoms with Crippen LogP contribution in [0.2, 0.25) is 0 Å². The molecular formula is C24H23N3O2S2. The van der Waals surface area contributed by atoms with E-state index in [1.807, 2.05) is 69.5 Å². The predicted octanol–water partition coefficient (Wildman–Crippen LogP) is 5.62. The van der Waals surface area contributed by atoms with Crippen molar-refractivity contribution in [1.82, 2.24) is 9.97 Å². The third-order valence-corrected chi connectivity index (χ3v) is 6.81. The van der Waals surface area contributed by atoms with Gasteiger partial charge in [-0.3, -0.25) is 9.59 Å². The van der Waals surface area contributed by atoms with E-state index in [1.54, 1.807) is 0 Å². The predicted molar refractivity (Wildman–Crippen MR) is 130 cm³/mol. The van der Waals surface area contributed by atoms with Crippen molar-refractivity contribution in [3.63, 3.8) is 0 Å². The first-order valence-electron chi connectivity index (χ1n) is 9.91. The van der Waals surface area contributed by atoms with Gasteiger partial charge < -0.3 is 10.3 Å². The third kappa shape index (κ3) is 4.57. The molecule has 0 aliphatic heterocycles. The second kappa shape index (κ2) is 8.69. The van der Waals surface area contributed by atoms with Gasteiger partial charge in [0.15, 0.2) is 5.16 Å². The monoisotopic (exact) mass is 449 g/mol. The number of anilines is 1. The number of rotatable bonds is 5. The van der Waals surface area contributed by atoms with Gasteiger partial charge in [0.1, 0.15) is 4.83 Å². The molecule has 2 aromatic heterocycles. The molecule has 0 saturated carbocycles. The number of carbonyl (C=O) groups excluding carboxylic acids is 1. The van der Waals surface area contributed by atoms with Gasteiger partial charge in [-0.05, 0) is 44.4 Å². The highest BCUT2D eigenvalue weighted by molar-refractivity contribution is 7.99. The largest absolute Gasteiger partial charge is 0.325 e. The summed E-state index contributed by atoms with van der Waals surface area (Å²) in [6.45, 7) is 8.04. The van der Waals surface area contributed by atoms with Crippen molar-refractivity contribution in [2.75, 3.05) is 11.1 Å². The molecule has 0 atom stereocenters. The van der Waals surface area contributed by atoms with Crippen LogP contribution >= 0.6 is 23.1 Å². The molecule has 2 heterocycles. The molecule has 5 nitrogen and oxygen atoms in total. The van der Waals surface area contributed by atoms with Crippen LogP contribution in [0.4, 0.5) is 5.69 Å². The van der Waals surface area contributed by atoms with Crippen LogP contribution in [-0.2, 0) is 4.79 Å². The number of aromatic nitrogens is 2. The number of hydrogen-bond donors (Lipinski definition) is 2. The smallest absolute Gasteiger partial charge is 0.260 e. The summed E-state index contributed by atoms with van der Waals surface area (Å²) in [6.07, 6.45) is 0. The lowest BCUT2D eigenvalue weighted by molar-refractivity contribution is -0.113. The Morgan fingerprint density at radius 2 is 1.74 bits per heavy atom. The van der Waals surface area contributed by atoms with Gasteiger partial charge in [0, 0.05) is 16.6 Å². The van der Waals surface area contributed by atoms with Crippen molar-refractivity contribution in [3.8, 4) is 11.1 Å². The van der Waals surface area contributed by atoms with E-state index in [1.165, 1.54) is 34.2 Å². The highest BCUT2D eigenvalue weighted by Gasteiger charge is 2.15. The van der Waals surface area contributed by atoms with Crippen molar-refractivity contribution >= 4 is 44.9 Å². The molecule has 2 N–H and O–H groups in total. The molecule has 7 heteroatoms. The Balaban J connectivity index is 1.51. The SMILES string of the molecule is Cc1ccc(-c2csc3nc(SCC(=O)Nc4c(C)cc(C)cc4C)[nH]c(=O)c23)cc1. The van der Waals surface area contributed by atoms with Gasteiger partial charge in [-0.2, -0.15) is 0 Å². The zero-order chi connectivity index (χ0) is 22.1. The minimum Gasteiger partial charge on any atom is -0.325 e. The fraction of sp³-hybridized carbons (Fsp3) is 0.208. The minimum absolute atomic E-state index is 0.130. The number of hydrogen-bond acceptors (Lipinski definition) is 5. The Kier molecular flexibility index (Phi) is 5.98. The number of H-pyrrole nitrogens is 1. The lowest BCUT2D eigenvalue weighted by atomic mass is 10.1. The Hall–Kier alpha value is -2.90. The third-order valence-electron chi connectivity index (χ3n) is 5.07. The number of aryl methyl sites for hydroxylation is 4. The Morgan fingerprint density at radius 3 is 2.42 bits per heavy atom. The summed E-state index contributed by atoms with van der Waals surface area (Å²) in [7, 11) is 0. The van der Waals surface area contributed by atoms with E-state index in [2.05, 4.69) is 15.3 Å². The van der Waals surface area contributed by atoms with Crippen molar-refractivity contribution in [2.45, 2.75) is 32.9 Å². The number of benzene rings is 2. The van der Waals surface area contributed by atoms with Gasteiger partial charge in [-0.25, -0.2) is 4.98 Å². The second-order valence-corrected chi connectivity index (χ2v) is 9.50. The maximum Gasteiger partial charge on any atom is 0.260 e. The summed E-state index contributed by atoms with van der Waals surface area (Å²) in [5, 5.41) is 5.98. The average Bonchev–Trinajstić information content (AvgIpc) is 3.14. The molecule has 0 aliphatic rings. The quantitative estimate of drug-likeness (QED) is 0.306. The first-order valence-corrected chi connectivity index (χ1v) is 11.8. The molecule has 31 heavy (non-hydrogen) atoms. The Morgan fingerprint density at radius 1 is 1.06 bits per heavy atom. The van der Waals surface area contributed by atoms with E-state index in [-0.39, 0.29) is 17.2 Å². The number of thioether (sulfide) groups is 1. The summed E-state index contributed by atoms with van der Waals surface area (Å²) in [4.78, 5) is 33.3. The topological polar surface area (TPSA) is 74.8 Å². The molecule has 0 spiro atoms. The van der Waals surface area contributed by atoms with Gasteiger partial charge in [0.05, 0.1) is 11.1 Å². The van der Waals surface area contributed by atoms with Gasteiger partial charge in [0.25, 0.3) is 5.56 Å². The lowest BCUT2D eigenvalue weighted by Gasteiger charge is -2.12. The highest BCUT2D eigenvalue weighted by atomic mass is 32.2. The molecule has 0 fully saturated rings. The summed E-state index contributed by atoms with van der Waals surface area (Å²) in [5.74, 6) is 0.0338. The van der Waals surface area contributed by atoms with E-state index in [9.17, 15) is 9.59 Å². The lowest BCUT2D eigenvalue weighted by Crippen LogP contribution is -2.17. The van der Waals surface area contributed by atoms with Crippen molar-refractivity contribution in [2.24, 2.45) is 0 Å². The molecule has 0 radical (unpaired) electrons. The van der Waals surface area contributed by atoms with E-state index in [0.717, 1.165) is 27.9 Å². The number of fused-ring (bicyclic) bond motifs is 1. The zero-order valence-electron chi connectivity index (χ0n) is 17.8. The number of nitrogens with zero attached hydrogens (tertiary/aromatic N) is 1. The zero-order valence-corrected chi connectivity index (χ0v) is 19.5. The van der Waals surface area contributed by atoms with Gasteiger partial charge in [-0.1, -0.05) is 59.3 Å². The molecule has 1 amide bonds. The van der Waals surface area contributed by atoms with Crippen molar-refractivity contribution in [3.05, 3.63) is 74.4 Å². The Bertz CT molecular complexity index is 1310. The number of aromatic amines is 1.